The van der Waals surface area contributed by atoms with Crippen LogP contribution in [0.15, 0.2) is 34.8 Å². The molecule has 1 aromatic carbocycles. The van der Waals surface area contributed by atoms with Crippen molar-refractivity contribution in [2.24, 2.45) is 0 Å². The van der Waals surface area contributed by atoms with Crippen LogP contribution in [0.2, 0.25) is 0 Å². The Kier molecular flexibility index (Phi) is 5.18. The van der Waals surface area contributed by atoms with Gasteiger partial charge in [-0.1, -0.05) is 34.1 Å². The monoisotopic (exact) mass is 372 g/mol. The van der Waals surface area contributed by atoms with E-state index in [0.29, 0.717) is 26.2 Å². The van der Waals surface area contributed by atoms with Crippen molar-refractivity contribution in [2.45, 2.75) is 0 Å². The Morgan fingerprint density at radius 1 is 1.19 bits per heavy atom. The zero-order chi connectivity index (χ0) is 15.5. The maximum Gasteiger partial charge on any atom is 0.246 e. The molecule has 0 aromatic heterocycles. The van der Waals surface area contributed by atoms with E-state index in [-0.39, 0.29) is 5.91 Å². The second-order valence-corrected chi connectivity index (χ2v) is 7.68. The second kappa shape index (κ2) is 6.72. The molecule has 1 aliphatic rings. The molecule has 0 N–H and O–H groups in total. The van der Waals surface area contributed by atoms with E-state index in [4.69, 9.17) is 0 Å². The van der Waals surface area contributed by atoms with Crippen molar-refractivity contribution in [3.8, 4) is 0 Å². The molecule has 0 spiro atoms. The van der Waals surface area contributed by atoms with Crippen LogP contribution in [0.25, 0.3) is 6.08 Å². The number of carbonyl (C=O) groups is 1. The van der Waals surface area contributed by atoms with Gasteiger partial charge in [-0.25, -0.2) is 8.42 Å². The predicted molar refractivity (Wildman–Crippen MR) is 86.2 cm³/mol. The van der Waals surface area contributed by atoms with Crippen molar-refractivity contribution in [1.29, 1.82) is 0 Å². The van der Waals surface area contributed by atoms with E-state index in [1.54, 1.807) is 11.0 Å². The second-order valence-electron chi connectivity index (χ2n) is 4.84. The zero-order valence-corrected chi connectivity index (χ0v) is 14.1. The molecule has 0 radical (unpaired) electrons. The van der Waals surface area contributed by atoms with Gasteiger partial charge in [0.25, 0.3) is 0 Å². The average molecular weight is 373 g/mol. The summed E-state index contributed by atoms with van der Waals surface area (Å²) in [6.07, 6.45) is 4.48. The van der Waals surface area contributed by atoms with Crippen LogP contribution in [0.3, 0.4) is 0 Å². The summed E-state index contributed by atoms with van der Waals surface area (Å²) in [5.74, 6) is -0.0982. The molecule has 7 heteroatoms. The lowest BCUT2D eigenvalue weighted by Gasteiger charge is -2.32. The van der Waals surface area contributed by atoms with Crippen molar-refractivity contribution in [3.63, 3.8) is 0 Å². The highest BCUT2D eigenvalue weighted by molar-refractivity contribution is 9.10. The highest BCUT2D eigenvalue weighted by Crippen LogP contribution is 2.17. The minimum absolute atomic E-state index is 0.0982. The molecule has 0 bridgehead atoms. The lowest BCUT2D eigenvalue weighted by molar-refractivity contribution is -0.127. The number of hydrogen-bond donors (Lipinski definition) is 0. The largest absolute Gasteiger partial charge is 0.337 e. The van der Waals surface area contributed by atoms with E-state index in [0.717, 1.165) is 10.0 Å². The van der Waals surface area contributed by atoms with Crippen LogP contribution in [0.5, 0.6) is 0 Å². The fourth-order valence-electron chi connectivity index (χ4n) is 2.12. The smallest absolute Gasteiger partial charge is 0.246 e. The third-order valence-electron chi connectivity index (χ3n) is 3.33. The molecule has 0 aliphatic carbocycles. The van der Waals surface area contributed by atoms with Crippen molar-refractivity contribution in [2.75, 3.05) is 32.4 Å². The van der Waals surface area contributed by atoms with Crippen LogP contribution >= 0.6 is 15.9 Å². The van der Waals surface area contributed by atoms with Gasteiger partial charge in [-0.2, -0.15) is 4.31 Å². The number of sulfonamides is 1. The van der Waals surface area contributed by atoms with Crippen LogP contribution < -0.4 is 0 Å². The van der Waals surface area contributed by atoms with E-state index in [1.165, 1.54) is 16.6 Å². The molecule has 0 atom stereocenters. The van der Waals surface area contributed by atoms with E-state index in [9.17, 15) is 13.2 Å². The van der Waals surface area contributed by atoms with Crippen molar-refractivity contribution in [1.82, 2.24) is 9.21 Å². The summed E-state index contributed by atoms with van der Waals surface area (Å²) in [7, 11) is -3.16. The van der Waals surface area contributed by atoms with Crippen LogP contribution in [0.4, 0.5) is 0 Å². The van der Waals surface area contributed by atoms with Gasteiger partial charge in [0.1, 0.15) is 0 Å². The average Bonchev–Trinajstić information content (AvgIpc) is 2.45. The number of rotatable bonds is 3. The Morgan fingerprint density at radius 2 is 1.81 bits per heavy atom. The SMILES string of the molecule is CS(=O)(=O)N1CCN(C(=O)C=Cc2ccccc2Br)CC1. The van der Waals surface area contributed by atoms with E-state index < -0.39 is 10.0 Å². The maximum atomic E-state index is 12.1. The van der Waals surface area contributed by atoms with E-state index >= 15 is 0 Å². The fraction of sp³-hybridized carbons (Fsp3) is 0.357. The number of nitrogens with zero attached hydrogens (tertiary/aromatic N) is 2. The highest BCUT2D eigenvalue weighted by atomic mass is 79.9. The van der Waals surface area contributed by atoms with Crippen LogP contribution in [-0.4, -0.2) is 56.0 Å². The number of carbonyl (C=O) groups excluding carboxylic acids is 1. The first-order chi connectivity index (χ1) is 9.88. The minimum Gasteiger partial charge on any atom is -0.337 e. The molecule has 114 valence electrons. The molecule has 1 heterocycles. The third kappa shape index (κ3) is 4.39. The summed E-state index contributed by atoms with van der Waals surface area (Å²) >= 11 is 3.42. The van der Waals surface area contributed by atoms with Gasteiger partial charge in [-0.3, -0.25) is 4.79 Å². The Bertz CT molecular complexity index is 650. The van der Waals surface area contributed by atoms with Gasteiger partial charge in [-0.15, -0.1) is 0 Å². The fourth-order valence-corrected chi connectivity index (χ4v) is 3.36. The molecular formula is C14H17BrN2O3S. The van der Waals surface area contributed by atoms with Crippen molar-refractivity contribution >= 4 is 37.9 Å². The molecule has 1 saturated heterocycles. The molecule has 0 saturated carbocycles. The molecule has 0 unspecified atom stereocenters. The number of amides is 1. The minimum atomic E-state index is -3.16. The van der Waals surface area contributed by atoms with Crippen molar-refractivity contribution < 1.29 is 13.2 Å². The van der Waals surface area contributed by atoms with Crippen molar-refractivity contribution in [3.05, 3.63) is 40.4 Å². The number of hydrogen-bond acceptors (Lipinski definition) is 3. The maximum absolute atomic E-state index is 12.1. The Hall–Kier alpha value is -1.18. The summed E-state index contributed by atoms with van der Waals surface area (Å²) in [6, 6.07) is 7.64. The standard InChI is InChI=1S/C14H17BrN2O3S/c1-21(19,20)17-10-8-16(9-11-17)14(18)7-6-12-4-2-3-5-13(12)15/h2-7H,8-11H2,1H3. The van der Waals surface area contributed by atoms with E-state index in [2.05, 4.69) is 15.9 Å². The third-order valence-corrected chi connectivity index (χ3v) is 5.36. The van der Waals surface area contributed by atoms with Crippen LogP contribution in [0.1, 0.15) is 5.56 Å². The van der Waals surface area contributed by atoms with Gasteiger partial charge in [0.2, 0.25) is 15.9 Å². The lowest BCUT2D eigenvalue weighted by atomic mass is 10.2. The number of piperazine rings is 1. The molecule has 1 aliphatic heterocycles. The first-order valence-corrected chi connectivity index (χ1v) is 9.19. The topological polar surface area (TPSA) is 57.7 Å². The molecular weight excluding hydrogens is 356 g/mol. The summed E-state index contributed by atoms with van der Waals surface area (Å²) in [4.78, 5) is 13.8. The molecule has 1 amide bonds. The first-order valence-electron chi connectivity index (χ1n) is 6.54. The van der Waals surface area contributed by atoms with Gasteiger partial charge >= 0.3 is 0 Å². The number of benzene rings is 1. The summed E-state index contributed by atoms with van der Waals surface area (Å²) < 4.78 is 25.2. The summed E-state index contributed by atoms with van der Waals surface area (Å²) in [5.41, 5.74) is 0.931. The van der Waals surface area contributed by atoms with Crippen LogP contribution in [-0.2, 0) is 14.8 Å². The van der Waals surface area contributed by atoms with E-state index in [1.807, 2.05) is 24.3 Å². The van der Waals surface area contributed by atoms with Crippen LogP contribution in [0, 0.1) is 0 Å². The van der Waals surface area contributed by atoms with Gasteiger partial charge in [-0.05, 0) is 17.7 Å². The lowest BCUT2D eigenvalue weighted by Crippen LogP contribution is -2.49. The Balaban J connectivity index is 1.95. The molecule has 1 fully saturated rings. The normalized spacial score (nSPS) is 17.3. The summed E-state index contributed by atoms with van der Waals surface area (Å²) in [6.45, 7) is 1.55. The van der Waals surface area contributed by atoms with Gasteiger partial charge in [0.05, 0.1) is 6.26 Å². The molecule has 2 rings (SSSR count). The quantitative estimate of drug-likeness (QED) is 0.756. The molecule has 5 nitrogen and oxygen atoms in total. The predicted octanol–water partition coefficient (Wildman–Crippen LogP) is 1.57. The summed E-state index contributed by atoms with van der Waals surface area (Å²) in [5, 5.41) is 0. The number of halogens is 1. The highest BCUT2D eigenvalue weighted by Gasteiger charge is 2.24. The molecule has 21 heavy (non-hydrogen) atoms. The van der Waals surface area contributed by atoms with Gasteiger partial charge in [0.15, 0.2) is 0 Å². The van der Waals surface area contributed by atoms with Gasteiger partial charge < -0.3 is 4.90 Å². The zero-order valence-electron chi connectivity index (χ0n) is 11.7. The Morgan fingerprint density at radius 3 is 2.38 bits per heavy atom. The Labute approximate surface area is 133 Å². The molecule has 1 aromatic rings. The first kappa shape index (κ1) is 16.2. The van der Waals surface area contributed by atoms with Gasteiger partial charge in [0, 0.05) is 36.7 Å².